The smallest absolute Gasteiger partial charge is 0.303 e. The standard InChI is InChI=1S/C3H10Si.C2H8O2Si/c1-2-3-4;1-3-5-4-2/h2-3H2,1,4H3;5H2,1-2H3. The van der Waals surface area contributed by atoms with Crippen LogP contribution in [0.15, 0.2) is 0 Å². The first-order valence-electron chi connectivity index (χ1n) is 3.31. The van der Waals surface area contributed by atoms with Gasteiger partial charge < -0.3 is 8.85 Å². The summed E-state index contributed by atoms with van der Waals surface area (Å²) in [5, 5.41) is 0. The second-order valence-corrected chi connectivity index (χ2v) is 4.09. The Balaban J connectivity index is 0. The largest absolute Gasteiger partial charge is 0.402 e. The fourth-order valence-electron chi connectivity index (χ4n) is 0.118. The summed E-state index contributed by atoms with van der Waals surface area (Å²) in [6, 6.07) is 1.46. The Morgan fingerprint density at radius 3 is 1.67 bits per heavy atom. The number of hydrogen-bond acceptors (Lipinski definition) is 2. The second-order valence-electron chi connectivity index (χ2n) is 1.70. The summed E-state index contributed by atoms with van der Waals surface area (Å²) in [6.45, 7) is 2.22. The Hall–Kier alpha value is 0.354. The quantitative estimate of drug-likeness (QED) is 0.524. The first kappa shape index (κ1) is 12.1. The van der Waals surface area contributed by atoms with Crippen LogP contribution in [0.25, 0.3) is 0 Å². The third kappa shape index (κ3) is 30.0. The zero-order valence-corrected chi connectivity index (χ0v) is 10.4. The maximum absolute atomic E-state index is 4.61. The summed E-state index contributed by atoms with van der Waals surface area (Å²) in [6.07, 6.45) is 1.38. The van der Waals surface area contributed by atoms with E-state index in [9.17, 15) is 0 Å². The van der Waals surface area contributed by atoms with E-state index in [0.717, 1.165) is 0 Å². The molecule has 0 unspecified atom stereocenters. The molecule has 4 heteroatoms. The predicted molar refractivity (Wildman–Crippen MR) is 47.6 cm³/mol. The molecule has 0 fully saturated rings. The highest BCUT2D eigenvalue weighted by Crippen LogP contribution is 1.73. The van der Waals surface area contributed by atoms with Crippen LogP contribution in [-0.4, -0.2) is 34.5 Å². The maximum atomic E-state index is 4.61. The number of rotatable bonds is 3. The lowest BCUT2D eigenvalue weighted by molar-refractivity contribution is 0.309. The molecule has 0 aromatic carbocycles. The van der Waals surface area contributed by atoms with Gasteiger partial charge in [0.05, 0.1) is 0 Å². The lowest BCUT2D eigenvalue weighted by Gasteiger charge is -1.86. The second kappa shape index (κ2) is 15.8. The van der Waals surface area contributed by atoms with E-state index in [1.54, 1.807) is 14.2 Å². The van der Waals surface area contributed by atoms with Gasteiger partial charge in [0.15, 0.2) is 0 Å². The van der Waals surface area contributed by atoms with Crippen molar-refractivity contribution in [3.05, 3.63) is 0 Å². The molecule has 0 amide bonds. The first-order valence-corrected chi connectivity index (χ1v) is 5.88. The van der Waals surface area contributed by atoms with E-state index in [-0.39, 0.29) is 0 Å². The van der Waals surface area contributed by atoms with E-state index in [2.05, 4.69) is 15.8 Å². The normalized spacial score (nSPS) is 8.33. The third-order valence-corrected chi connectivity index (χ3v) is 2.21. The minimum Gasteiger partial charge on any atom is -0.402 e. The van der Waals surface area contributed by atoms with Gasteiger partial charge in [-0.3, -0.25) is 0 Å². The lowest BCUT2D eigenvalue weighted by atomic mass is 10.6. The molecule has 0 aromatic rings. The Morgan fingerprint density at radius 2 is 1.67 bits per heavy atom. The van der Waals surface area contributed by atoms with Crippen LogP contribution in [0.5, 0.6) is 0 Å². The molecule has 0 bridgehead atoms. The highest BCUT2D eigenvalue weighted by Gasteiger charge is 1.67. The Bertz CT molecular complexity index is 32.1. The fraction of sp³-hybridized carbons (Fsp3) is 1.00. The third-order valence-electron chi connectivity index (χ3n) is 0.736. The fourth-order valence-corrected chi connectivity index (χ4v) is 0.354. The molecule has 0 aliphatic carbocycles. The lowest BCUT2D eigenvalue weighted by Crippen LogP contribution is -1.93. The van der Waals surface area contributed by atoms with Gasteiger partial charge in [0.25, 0.3) is 0 Å². The van der Waals surface area contributed by atoms with Crippen LogP contribution >= 0.6 is 0 Å². The molecular weight excluding hydrogens is 148 g/mol. The minimum atomic E-state index is -0.568. The molecule has 0 spiro atoms. The maximum Gasteiger partial charge on any atom is 0.303 e. The van der Waals surface area contributed by atoms with Gasteiger partial charge in [0.1, 0.15) is 0 Å². The van der Waals surface area contributed by atoms with Crippen LogP contribution in [-0.2, 0) is 8.85 Å². The van der Waals surface area contributed by atoms with Gasteiger partial charge in [-0.15, -0.1) is 0 Å². The van der Waals surface area contributed by atoms with Crippen molar-refractivity contribution in [1.82, 2.24) is 0 Å². The highest BCUT2D eigenvalue weighted by molar-refractivity contribution is 6.17. The van der Waals surface area contributed by atoms with Crippen LogP contribution < -0.4 is 0 Å². The van der Waals surface area contributed by atoms with Gasteiger partial charge >= 0.3 is 10.0 Å². The van der Waals surface area contributed by atoms with Crippen LogP contribution in [0.1, 0.15) is 13.3 Å². The summed E-state index contributed by atoms with van der Waals surface area (Å²) in [5.41, 5.74) is 0. The van der Waals surface area contributed by atoms with Crippen molar-refractivity contribution < 1.29 is 8.85 Å². The van der Waals surface area contributed by atoms with Gasteiger partial charge in [0.2, 0.25) is 0 Å². The van der Waals surface area contributed by atoms with Crippen molar-refractivity contribution in [3.8, 4) is 0 Å². The molecule has 0 aromatic heterocycles. The van der Waals surface area contributed by atoms with E-state index < -0.39 is 10.0 Å². The zero-order chi connectivity index (χ0) is 7.54. The molecular formula is C5H18O2Si2. The molecule has 0 saturated heterocycles. The van der Waals surface area contributed by atoms with Gasteiger partial charge in [-0.1, -0.05) is 19.4 Å². The summed E-state index contributed by atoms with van der Waals surface area (Å²) >= 11 is 0. The van der Waals surface area contributed by atoms with E-state index in [0.29, 0.717) is 0 Å². The Morgan fingerprint density at radius 1 is 1.33 bits per heavy atom. The van der Waals surface area contributed by atoms with Crippen molar-refractivity contribution in [2.24, 2.45) is 0 Å². The molecule has 0 aliphatic rings. The average Bonchev–Trinajstić information content (AvgIpc) is 1.91. The number of hydrogen-bond donors (Lipinski definition) is 0. The minimum absolute atomic E-state index is 0.568. The molecule has 0 aliphatic heterocycles. The van der Waals surface area contributed by atoms with E-state index >= 15 is 0 Å². The molecule has 58 valence electrons. The molecule has 0 atom stereocenters. The van der Waals surface area contributed by atoms with Crippen molar-refractivity contribution in [1.29, 1.82) is 0 Å². The topological polar surface area (TPSA) is 18.5 Å². The molecule has 0 heterocycles. The highest BCUT2D eigenvalue weighted by atomic mass is 28.3. The van der Waals surface area contributed by atoms with Gasteiger partial charge in [-0.05, 0) is 0 Å². The molecule has 0 N–H and O–H groups in total. The monoisotopic (exact) mass is 166 g/mol. The SMILES string of the molecule is CCC[SiH3].CO[SiH2]OC. The molecule has 0 rings (SSSR count). The summed E-state index contributed by atoms with van der Waals surface area (Å²) in [4.78, 5) is 0. The van der Waals surface area contributed by atoms with Crippen LogP contribution in [0.2, 0.25) is 6.04 Å². The Labute approximate surface area is 63.4 Å². The predicted octanol–water partition coefficient (Wildman–Crippen LogP) is -0.542. The molecule has 0 saturated carbocycles. The summed E-state index contributed by atoms with van der Waals surface area (Å²) < 4.78 is 9.22. The summed E-state index contributed by atoms with van der Waals surface area (Å²) in [7, 11) is 4.12. The summed E-state index contributed by atoms with van der Waals surface area (Å²) in [5.74, 6) is 0. The molecule has 2 nitrogen and oxygen atoms in total. The van der Waals surface area contributed by atoms with Crippen molar-refractivity contribution >= 4 is 20.2 Å². The Kier molecular flexibility index (Phi) is 21.1. The van der Waals surface area contributed by atoms with Crippen molar-refractivity contribution in [3.63, 3.8) is 0 Å². The van der Waals surface area contributed by atoms with Crippen molar-refractivity contribution in [2.45, 2.75) is 19.4 Å². The van der Waals surface area contributed by atoms with Gasteiger partial charge in [-0.25, -0.2) is 0 Å². The van der Waals surface area contributed by atoms with Crippen molar-refractivity contribution in [2.75, 3.05) is 14.2 Å². The van der Waals surface area contributed by atoms with E-state index in [4.69, 9.17) is 0 Å². The molecule has 9 heavy (non-hydrogen) atoms. The van der Waals surface area contributed by atoms with E-state index in [1.165, 1.54) is 22.7 Å². The zero-order valence-electron chi connectivity index (χ0n) is 6.94. The van der Waals surface area contributed by atoms with Crippen LogP contribution in [0, 0.1) is 0 Å². The molecule has 0 radical (unpaired) electrons. The van der Waals surface area contributed by atoms with Gasteiger partial charge in [0, 0.05) is 24.5 Å². The van der Waals surface area contributed by atoms with E-state index in [1.807, 2.05) is 0 Å². The average molecular weight is 166 g/mol. The first-order chi connectivity index (χ1) is 4.33. The van der Waals surface area contributed by atoms with Crippen LogP contribution in [0.3, 0.4) is 0 Å². The van der Waals surface area contributed by atoms with Gasteiger partial charge in [-0.2, -0.15) is 0 Å². The van der Waals surface area contributed by atoms with Crippen LogP contribution in [0.4, 0.5) is 0 Å².